The van der Waals surface area contributed by atoms with Gasteiger partial charge in [-0.2, -0.15) is 0 Å². The minimum atomic E-state index is -0.290. The van der Waals surface area contributed by atoms with Gasteiger partial charge in [-0.05, 0) is 31.2 Å². The van der Waals surface area contributed by atoms with Gasteiger partial charge in [0.15, 0.2) is 5.16 Å². The molecule has 1 N–H and O–H groups in total. The molecule has 1 atom stereocenters. The lowest BCUT2D eigenvalue weighted by atomic mass is 10.3. The maximum Gasteiger partial charge on any atom is 0.237 e. The Bertz CT molecular complexity index is 565. The normalized spacial score (nSPS) is 11.9. The van der Waals surface area contributed by atoms with Crippen molar-refractivity contribution < 1.29 is 4.79 Å². The van der Waals surface area contributed by atoms with Gasteiger partial charge >= 0.3 is 0 Å². The molecule has 0 saturated heterocycles. The van der Waals surface area contributed by atoms with E-state index >= 15 is 0 Å². The number of rotatable bonds is 4. The molecule has 2 rings (SSSR count). The van der Waals surface area contributed by atoms with Crippen molar-refractivity contribution >= 4 is 35.0 Å². The molecule has 0 radical (unpaired) electrons. The van der Waals surface area contributed by atoms with Crippen molar-refractivity contribution in [3.8, 4) is 0 Å². The van der Waals surface area contributed by atoms with Gasteiger partial charge in [0.05, 0.1) is 5.25 Å². The van der Waals surface area contributed by atoms with E-state index in [4.69, 9.17) is 11.6 Å². The van der Waals surface area contributed by atoms with Gasteiger partial charge in [-0.15, -0.1) is 0 Å². The van der Waals surface area contributed by atoms with Crippen LogP contribution in [0, 0.1) is 0 Å². The molecule has 0 saturated carbocycles. The minimum absolute atomic E-state index is 0.111. The zero-order chi connectivity index (χ0) is 13.7. The van der Waals surface area contributed by atoms with Crippen LogP contribution < -0.4 is 5.32 Å². The van der Waals surface area contributed by atoms with E-state index in [0.717, 1.165) is 0 Å². The Labute approximate surface area is 120 Å². The molecule has 0 aliphatic heterocycles. The molecule has 0 aliphatic carbocycles. The molecule has 0 aliphatic rings. The lowest BCUT2D eigenvalue weighted by Gasteiger charge is -2.11. The van der Waals surface area contributed by atoms with E-state index in [1.807, 2.05) is 0 Å². The molecular weight excluding hydrogens is 282 g/mol. The van der Waals surface area contributed by atoms with E-state index in [9.17, 15) is 4.79 Å². The van der Waals surface area contributed by atoms with E-state index < -0.39 is 0 Å². The third-order valence-electron chi connectivity index (χ3n) is 2.29. The van der Waals surface area contributed by atoms with Gasteiger partial charge in [-0.25, -0.2) is 9.97 Å². The summed E-state index contributed by atoms with van der Waals surface area (Å²) in [4.78, 5) is 20.1. The molecule has 1 aromatic carbocycles. The maximum absolute atomic E-state index is 12.0. The minimum Gasteiger partial charge on any atom is -0.325 e. The fourth-order valence-electron chi connectivity index (χ4n) is 1.37. The number of hydrogen-bond acceptors (Lipinski definition) is 4. The van der Waals surface area contributed by atoms with E-state index in [1.54, 1.807) is 49.6 Å². The Kier molecular flexibility index (Phi) is 4.76. The predicted octanol–water partition coefficient (Wildman–Crippen LogP) is 3.25. The first-order chi connectivity index (χ1) is 9.15. The Balaban J connectivity index is 1.96. The van der Waals surface area contributed by atoms with Crippen LogP contribution in [0.15, 0.2) is 47.9 Å². The summed E-state index contributed by atoms with van der Waals surface area (Å²) < 4.78 is 0. The summed E-state index contributed by atoms with van der Waals surface area (Å²) in [6, 6.07) is 8.78. The van der Waals surface area contributed by atoms with Crippen LogP contribution in [0.25, 0.3) is 0 Å². The third kappa shape index (κ3) is 4.22. The molecule has 19 heavy (non-hydrogen) atoms. The van der Waals surface area contributed by atoms with Crippen LogP contribution in [-0.2, 0) is 4.79 Å². The van der Waals surface area contributed by atoms with Crippen LogP contribution in [-0.4, -0.2) is 21.1 Å². The fraction of sp³-hybridized carbons (Fsp3) is 0.154. The van der Waals surface area contributed by atoms with Crippen molar-refractivity contribution in [2.75, 3.05) is 5.32 Å². The third-order valence-corrected chi connectivity index (χ3v) is 3.51. The van der Waals surface area contributed by atoms with Gasteiger partial charge < -0.3 is 5.32 Å². The zero-order valence-electron chi connectivity index (χ0n) is 10.2. The van der Waals surface area contributed by atoms with Crippen LogP contribution in [0.2, 0.25) is 5.02 Å². The van der Waals surface area contributed by atoms with Crippen molar-refractivity contribution in [2.24, 2.45) is 0 Å². The Morgan fingerprint density at radius 3 is 2.74 bits per heavy atom. The maximum atomic E-state index is 12.0. The number of aromatic nitrogens is 2. The number of thioether (sulfide) groups is 1. The molecule has 98 valence electrons. The number of anilines is 1. The van der Waals surface area contributed by atoms with E-state index in [1.165, 1.54) is 11.8 Å². The lowest BCUT2D eigenvalue weighted by molar-refractivity contribution is -0.115. The van der Waals surface area contributed by atoms with E-state index in [2.05, 4.69) is 15.3 Å². The first-order valence-electron chi connectivity index (χ1n) is 5.65. The largest absolute Gasteiger partial charge is 0.325 e. The van der Waals surface area contributed by atoms with Gasteiger partial charge in [0, 0.05) is 23.1 Å². The molecule has 0 fully saturated rings. The van der Waals surface area contributed by atoms with Crippen LogP contribution >= 0.6 is 23.4 Å². The van der Waals surface area contributed by atoms with Gasteiger partial charge in [-0.1, -0.05) is 29.4 Å². The van der Waals surface area contributed by atoms with Crippen molar-refractivity contribution in [1.82, 2.24) is 9.97 Å². The molecule has 0 bridgehead atoms. The zero-order valence-corrected chi connectivity index (χ0v) is 11.8. The van der Waals surface area contributed by atoms with Crippen LogP contribution in [0.4, 0.5) is 5.69 Å². The molecular formula is C13H12ClN3OS. The SMILES string of the molecule is C[C@@H](Sc1ncccn1)C(=O)Nc1cccc(Cl)c1. The molecule has 4 nitrogen and oxygen atoms in total. The first kappa shape index (κ1) is 13.8. The standard InChI is InChI=1S/C13H12ClN3OS/c1-9(19-13-15-6-3-7-16-13)12(18)17-11-5-2-4-10(14)8-11/h2-9H,1H3,(H,17,18)/t9-/m1/s1. The van der Waals surface area contributed by atoms with Gasteiger partial charge in [-0.3, -0.25) is 4.79 Å². The summed E-state index contributed by atoms with van der Waals surface area (Å²) in [5.74, 6) is -0.111. The summed E-state index contributed by atoms with van der Waals surface area (Å²) in [5, 5.41) is 3.68. The number of carbonyl (C=O) groups is 1. The van der Waals surface area contributed by atoms with Crippen molar-refractivity contribution in [3.63, 3.8) is 0 Å². The highest BCUT2D eigenvalue weighted by Gasteiger charge is 2.15. The monoisotopic (exact) mass is 293 g/mol. The number of benzene rings is 1. The molecule has 2 aromatic rings. The molecule has 6 heteroatoms. The average molecular weight is 294 g/mol. The van der Waals surface area contributed by atoms with Crippen LogP contribution in [0.1, 0.15) is 6.92 Å². The highest BCUT2D eigenvalue weighted by Crippen LogP contribution is 2.21. The number of halogens is 1. The highest BCUT2D eigenvalue weighted by atomic mass is 35.5. The van der Waals surface area contributed by atoms with Crippen molar-refractivity contribution in [1.29, 1.82) is 0 Å². The number of amides is 1. The quantitative estimate of drug-likeness (QED) is 0.694. The molecule has 1 heterocycles. The second kappa shape index (κ2) is 6.54. The van der Waals surface area contributed by atoms with Crippen LogP contribution in [0.5, 0.6) is 0 Å². The summed E-state index contributed by atoms with van der Waals surface area (Å²) in [7, 11) is 0. The molecule has 0 spiro atoms. The predicted molar refractivity (Wildman–Crippen MR) is 77.4 cm³/mol. The second-order valence-corrected chi connectivity index (χ2v) is 5.54. The average Bonchev–Trinajstić information content (AvgIpc) is 2.40. The van der Waals surface area contributed by atoms with E-state index in [-0.39, 0.29) is 11.2 Å². The topological polar surface area (TPSA) is 54.9 Å². The summed E-state index contributed by atoms with van der Waals surface area (Å²) >= 11 is 7.17. The first-order valence-corrected chi connectivity index (χ1v) is 6.91. The van der Waals surface area contributed by atoms with E-state index in [0.29, 0.717) is 15.9 Å². The second-order valence-electron chi connectivity index (χ2n) is 3.79. The molecule has 0 unspecified atom stereocenters. The number of nitrogens with zero attached hydrogens (tertiary/aromatic N) is 2. The Morgan fingerprint density at radius 1 is 1.32 bits per heavy atom. The Hall–Kier alpha value is -1.59. The molecule has 1 amide bonds. The number of nitrogens with one attached hydrogen (secondary N) is 1. The smallest absolute Gasteiger partial charge is 0.237 e. The summed E-state index contributed by atoms with van der Waals surface area (Å²) in [6.07, 6.45) is 3.30. The van der Waals surface area contributed by atoms with Crippen molar-refractivity contribution in [3.05, 3.63) is 47.7 Å². The number of carbonyl (C=O) groups excluding carboxylic acids is 1. The Morgan fingerprint density at radius 2 is 2.05 bits per heavy atom. The fourth-order valence-corrected chi connectivity index (χ4v) is 2.28. The summed E-state index contributed by atoms with van der Waals surface area (Å²) in [6.45, 7) is 1.81. The highest BCUT2D eigenvalue weighted by molar-refractivity contribution is 8.00. The summed E-state index contributed by atoms with van der Waals surface area (Å²) in [5.41, 5.74) is 0.680. The van der Waals surface area contributed by atoms with Gasteiger partial charge in [0.2, 0.25) is 5.91 Å². The van der Waals surface area contributed by atoms with Crippen LogP contribution in [0.3, 0.4) is 0 Å². The van der Waals surface area contributed by atoms with Gasteiger partial charge in [0.1, 0.15) is 0 Å². The number of hydrogen-bond donors (Lipinski definition) is 1. The van der Waals surface area contributed by atoms with Gasteiger partial charge in [0.25, 0.3) is 0 Å². The molecule has 1 aromatic heterocycles. The lowest BCUT2D eigenvalue weighted by Crippen LogP contribution is -2.22. The van der Waals surface area contributed by atoms with Crippen molar-refractivity contribution in [2.45, 2.75) is 17.3 Å².